The van der Waals surface area contributed by atoms with Crippen LogP contribution in [0.3, 0.4) is 0 Å². The molecule has 1 aliphatic rings. The molecule has 0 amide bonds. The Labute approximate surface area is 168 Å². The molecule has 0 radical (unpaired) electrons. The Morgan fingerprint density at radius 2 is 1.75 bits per heavy atom. The van der Waals surface area contributed by atoms with Crippen molar-refractivity contribution < 1.29 is 9.13 Å². The number of halogens is 2. The van der Waals surface area contributed by atoms with Crippen molar-refractivity contribution in [3.05, 3.63) is 77.3 Å². The van der Waals surface area contributed by atoms with E-state index in [9.17, 15) is 4.39 Å². The number of piperazine rings is 1. The number of benzene rings is 2. The summed E-state index contributed by atoms with van der Waals surface area (Å²) in [4.78, 5) is 13.2. The van der Waals surface area contributed by atoms with Crippen LogP contribution in [0.1, 0.15) is 5.56 Å². The number of ether oxygens (including phenoxy) is 1. The Bertz CT molecular complexity index is 933. The maximum absolute atomic E-state index is 13.3. The predicted molar refractivity (Wildman–Crippen MR) is 107 cm³/mol. The molecule has 1 fully saturated rings. The van der Waals surface area contributed by atoms with Crippen molar-refractivity contribution in [1.29, 1.82) is 0 Å². The Morgan fingerprint density at radius 3 is 2.50 bits per heavy atom. The molecule has 0 aliphatic carbocycles. The van der Waals surface area contributed by atoms with Crippen molar-refractivity contribution in [1.82, 2.24) is 14.9 Å². The fraction of sp³-hybridized carbons (Fsp3) is 0.238. The van der Waals surface area contributed by atoms with Gasteiger partial charge in [-0.25, -0.2) is 14.4 Å². The summed E-state index contributed by atoms with van der Waals surface area (Å²) in [6.45, 7) is 4.64. The second-order valence-corrected chi connectivity index (χ2v) is 7.05. The molecule has 1 saturated heterocycles. The second-order valence-electron chi connectivity index (χ2n) is 6.64. The van der Waals surface area contributed by atoms with Crippen LogP contribution >= 0.6 is 11.6 Å². The Kier molecular flexibility index (Phi) is 5.69. The van der Waals surface area contributed by atoms with E-state index < -0.39 is 5.82 Å². The highest BCUT2D eigenvalue weighted by Crippen LogP contribution is 2.26. The van der Waals surface area contributed by atoms with Crippen LogP contribution < -0.4 is 9.64 Å². The molecule has 1 aliphatic heterocycles. The van der Waals surface area contributed by atoms with E-state index in [1.807, 2.05) is 6.07 Å². The van der Waals surface area contributed by atoms with E-state index in [1.165, 1.54) is 30.1 Å². The van der Waals surface area contributed by atoms with Gasteiger partial charge < -0.3 is 9.64 Å². The lowest BCUT2D eigenvalue weighted by molar-refractivity contribution is 0.249. The molecule has 3 aromatic rings. The summed E-state index contributed by atoms with van der Waals surface area (Å²) < 4.78 is 19.0. The lowest BCUT2D eigenvalue weighted by Crippen LogP contribution is -2.46. The number of nitrogens with zero attached hydrogens (tertiary/aromatic N) is 4. The smallest absolute Gasteiger partial charge is 0.224 e. The SMILES string of the molecule is Fc1ccc(Oc2cc(N3CCN(Cc4ccccc4)CC3)ncn2)cc1Cl. The maximum atomic E-state index is 13.3. The lowest BCUT2D eigenvalue weighted by Gasteiger charge is -2.35. The summed E-state index contributed by atoms with van der Waals surface area (Å²) in [5.41, 5.74) is 1.33. The van der Waals surface area contributed by atoms with Crippen molar-refractivity contribution in [2.45, 2.75) is 6.54 Å². The Morgan fingerprint density at radius 1 is 0.964 bits per heavy atom. The normalized spacial score (nSPS) is 14.9. The third kappa shape index (κ3) is 4.58. The first-order valence-electron chi connectivity index (χ1n) is 9.13. The highest BCUT2D eigenvalue weighted by Gasteiger charge is 2.19. The van der Waals surface area contributed by atoms with Crippen molar-refractivity contribution in [2.24, 2.45) is 0 Å². The molecule has 0 bridgehead atoms. The molecule has 4 rings (SSSR count). The zero-order chi connectivity index (χ0) is 19.3. The van der Waals surface area contributed by atoms with Gasteiger partial charge in [0.1, 0.15) is 23.7 Å². The third-order valence-corrected chi connectivity index (χ3v) is 4.98. The minimum absolute atomic E-state index is 0.0151. The molecule has 7 heteroatoms. The van der Waals surface area contributed by atoms with Gasteiger partial charge in [-0.2, -0.15) is 0 Å². The van der Waals surface area contributed by atoms with Crippen molar-refractivity contribution >= 4 is 17.4 Å². The first-order valence-corrected chi connectivity index (χ1v) is 9.51. The number of hydrogen-bond donors (Lipinski definition) is 0. The molecular formula is C21H20ClFN4O. The van der Waals surface area contributed by atoms with Crippen molar-refractivity contribution in [2.75, 3.05) is 31.1 Å². The fourth-order valence-corrected chi connectivity index (χ4v) is 3.37. The largest absolute Gasteiger partial charge is 0.439 e. The summed E-state index contributed by atoms with van der Waals surface area (Å²) in [6.07, 6.45) is 1.48. The second kappa shape index (κ2) is 8.54. The van der Waals surface area contributed by atoms with Crippen LogP contribution in [0.5, 0.6) is 11.6 Å². The van der Waals surface area contributed by atoms with Crippen LogP contribution in [-0.2, 0) is 6.54 Å². The molecule has 2 aromatic carbocycles. The molecule has 144 valence electrons. The van der Waals surface area contributed by atoms with Gasteiger partial charge in [-0.3, -0.25) is 4.90 Å². The zero-order valence-corrected chi connectivity index (χ0v) is 16.0. The van der Waals surface area contributed by atoms with Gasteiger partial charge in [0, 0.05) is 44.9 Å². The van der Waals surface area contributed by atoms with Crippen molar-refractivity contribution in [3.63, 3.8) is 0 Å². The van der Waals surface area contributed by atoms with Crippen molar-refractivity contribution in [3.8, 4) is 11.6 Å². The first-order chi connectivity index (χ1) is 13.7. The number of aromatic nitrogens is 2. The predicted octanol–water partition coefficient (Wildman–Crippen LogP) is 4.38. The standard InChI is InChI=1S/C21H20ClFN4O/c22-18-12-17(6-7-19(18)23)28-21-13-20(24-15-25-21)27-10-8-26(9-11-27)14-16-4-2-1-3-5-16/h1-7,12-13,15H,8-11,14H2. The van der Waals surface area contributed by atoms with E-state index in [0.717, 1.165) is 38.5 Å². The molecular weight excluding hydrogens is 379 g/mol. The molecule has 0 atom stereocenters. The van der Waals surface area contributed by atoms with Gasteiger partial charge in [-0.1, -0.05) is 41.9 Å². The molecule has 0 saturated carbocycles. The summed E-state index contributed by atoms with van der Waals surface area (Å²) in [7, 11) is 0. The Hall–Kier alpha value is -2.70. The van der Waals surface area contributed by atoms with Gasteiger partial charge in [0.15, 0.2) is 0 Å². The minimum atomic E-state index is -0.481. The van der Waals surface area contributed by atoms with Gasteiger partial charge in [0.05, 0.1) is 5.02 Å². The van der Waals surface area contributed by atoms with E-state index in [2.05, 4.69) is 44.0 Å². The summed E-state index contributed by atoms with van der Waals surface area (Å²) in [5.74, 6) is 1.17. The first kappa shape index (κ1) is 18.7. The highest BCUT2D eigenvalue weighted by molar-refractivity contribution is 6.30. The quantitative estimate of drug-likeness (QED) is 0.637. The van der Waals surface area contributed by atoms with E-state index in [4.69, 9.17) is 16.3 Å². The van der Waals surface area contributed by atoms with Gasteiger partial charge in [-0.05, 0) is 17.7 Å². The van der Waals surface area contributed by atoms with Crippen LogP contribution in [0, 0.1) is 5.82 Å². The lowest BCUT2D eigenvalue weighted by atomic mass is 10.2. The van der Waals surface area contributed by atoms with E-state index in [1.54, 1.807) is 6.07 Å². The zero-order valence-electron chi connectivity index (χ0n) is 15.3. The Balaban J connectivity index is 1.37. The van der Waals surface area contributed by atoms with Crippen LogP contribution in [0.15, 0.2) is 60.9 Å². The molecule has 28 heavy (non-hydrogen) atoms. The number of anilines is 1. The average molecular weight is 399 g/mol. The number of rotatable bonds is 5. The topological polar surface area (TPSA) is 41.5 Å². The third-order valence-electron chi connectivity index (χ3n) is 4.69. The summed E-state index contributed by atoms with van der Waals surface area (Å²) >= 11 is 5.80. The fourth-order valence-electron chi connectivity index (χ4n) is 3.20. The molecule has 0 spiro atoms. The van der Waals surface area contributed by atoms with Gasteiger partial charge in [0.25, 0.3) is 0 Å². The van der Waals surface area contributed by atoms with Crippen LogP contribution in [-0.4, -0.2) is 41.0 Å². The van der Waals surface area contributed by atoms with E-state index >= 15 is 0 Å². The number of hydrogen-bond acceptors (Lipinski definition) is 5. The van der Waals surface area contributed by atoms with E-state index in [-0.39, 0.29) is 5.02 Å². The van der Waals surface area contributed by atoms with Gasteiger partial charge in [-0.15, -0.1) is 0 Å². The highest BCUT2D eigenvalue weighted by atomic mass is 35.5. The molecule has 2 heterocycles. The van der Waals surface area contributed by atoms with Gasteiger partial charge >= 0.3 is 0 Å². The molecule has 0 unspecified atom stereocenters. The molecule has 1 aromatic heterocycles. The monoisotopic (exact) mass is 398 g/mol. The summed E-state index contributed by atoms with van der Waals surface area (Å²) in [6, 6.07) is 16.5. The van der Waals surface area contributed by atoms with Crippen LogP contribution in [0.25, 0.3) is 0 Å². The van der Waals surface area contributed by atoms with E-state index in [0.29, 0.717) is 11.6 Å². The maximum Gasteiger partial charge on any atom is 0.224 e. The van der Waals surface area contributed by atoms with Crippen LogP contribution in [0.2, 0.25) is 5.02 Å². The van der Waals surface area contributed by atoms with Crippen LogP contribution in [0.4, 0.5) is 10.2 Å². The minimum Gasteiger partial charge on any atom is -0.439 e. The average Bonchev–Trinajstić information content (AvgIpc) is 2.72. The molecule has 5 nitrogen and oxygen atoms in total. The molecule has 0 N–H and O–H groups in total. The van der Waals surface area contributed by atoms with Gasteiger partial charge in [0.2, 0.25) is 5.88 Å². The summed E-state index contributed by atoms with van der Waals surface area (Å²) in [5, 5.41) is 0.0151.